The quantitative estimate of drug-likeness (QED) is 0.631. The lowest BCUT2D eigenvalue weighted by atomic mass is 9.81. The van der Waals surface area contributed by atoms with Gasteiger partial charge in [0.05, 0.1) is 11.3 Å². The number of benzene rings is 1. The Bertz CT molecular complexity index is 746. The van der Waals surface area contributed by atoms with E-state index in [0.717, 1.165) is 24.2 Å². The zero-order valence-corrected chi connectivity index (χ0v) is 12.8. The topological polar surface area (TPSA) is 112 Å². The minimum absolute atomic E-state index is 0.0695. The molecule has 0 amide bonds. The molecule has 0 saturated heterocycles. The van der Waals surface area contributed by atoms with Crippen molar-refractivity contribution in [2.45, 2.75) is 25.9 Å². The lowest BCUT2D eigenvalue weighted by Gasteiger charge is -2.37. The van der Waals surface area contributed by atoms with Crippen molar-refractivity contribution in [1.82, 2.24) is 5.32 Å². The third-order valence-corrected chi connectivity index (χ3v) is 4.21. The fourth-order valence-corrected chi connectivity index (χ4v) is 3.07. The van der Waals surface area contributed by atoms with Gasteiger partial charge >= 0.3 is 0 Å². The average molecular weight is 313 g/mol. The van der Waals surface area contributed by atoms with Crippen molar-refractivity contribution in [3.8, 4) is 23.3 Å². The lowest BCUT2D eigenvalue weighted by molar-refractivity contribution is 0.164. The number of allylic oxidation sites excluding steroid dienone is 1. The number of fused-ring (bicyclic) bond motifs is 2. The maximum absolute atomic E-state index is 9.70. The molecule has 120 valence electrons. The predicted molar refractivity (Wildman–Crippen MR) is 84.6 cm³/mol. The fraction of sp³-hybridized carbons (Fsp3) is 0.353. The first-order valence-electron chi connectivity index (χ1n) is 7.62. The highest BCUT2D eigenvalue weighted by molar-refractivity contribution is 5.54. The Labute approximate surface area is 134 Å². The molecule has 0 saturated carbocycles. The van der Waals surface area contributed by atoms with E-state index in [-0.39, 0.29) is 23.5 Å². The van der Waals surface area contributed by atoms with Crippen molar-refractivity contribution >= 4 is 0 Å². The van der Waals surface area contributed by atoms with Crippen molar-refractivity contribution in [3.63, 3.8) is 0 Å². The summed E-state index contributed by atoms with van der Waals surface area (Å²) >= 11 is 0. The highest BCUT2D eigenvalue weighted by atomic mass is 16.5. The Balaban J connectivity index is 2.02. The van der Waals surface area contributed by atoms with Crippen molar-refractivity contribution in [3.05, 3.63) is 40.7 Å². The van der Waals surface area contributed by atoms with E-state index >= 15 is 0 Å². The zero-order chi connectivity index (χ0) is 16.6. The van der Waals surface area contributed by atoms with Gasteiger partial charge in [-0.1, -0.05) is 6.92 Å². The van der Waals surface area contributed by atoms with E-state index in [1.165, 1.54) is 12.1 Å². The smallest absolute Gasteiger partial charge is 0.161 e. The molecule has 1 aliphatic carbocycles. The average Bonchev–Trinajstić information content (AvgIpc) is 2.52. The Morgan fingerprint density at radius 1 is 1.39 bits per heavy atom. The maximum atomic E-state index is 9.70. The molecule has 0 fully saturated rings. The second-order valence-corrected chi connectivity index (χ2v) is 5.79. The van der Waals surface area contributed by atoms with Gasteiger partial charge in [0.25, 0.3) is 0 Å². The van der Waals surface area contributed by atoms with Gasteiger partial charge in [-0.05, 0) is 30.5 Å². The zero-order valence-electron chi connectivity index (χ0n) is 12.8. The molecule has 0 bridgehead atoms. The number of nitrogens with zero attached hydrogens (tertiary/aromatic N) is 1. The number of phenolic OH excluding ortho intramolecular Hbond substituents is 2. The van der Waals surface area contributed by atoms with Crippen LogP contribution in [-0.4, -0.2) is 22.9 Å². The van der Waals surface area contributed by atoms with Crippen LogP contribution in [0.5, 0.6) is 17.2 Å². The Morgan fingerprint density at radius 2 is 2.13 bits per heavy atom. The van der Waals surface area contributed by atoms with Gasteiger partial charge in [-0.25, -0.2) is 0 Å². The van der Waals surface area contributed by atoms with E-state index in [1.807, 2.05) is 6.92 Å². The number of ether oxygens (including phenoxy) is 1. The fourth-order valence-electron chi connectivity index (χ4n) is 3.07. The standard InChI is InChI=1S/C17H19N3O3/c1-2-3-20-17-10-4-9-5-13(21)14(22)7-15(9)23-16(10)6-12(19)11(17)8-18/h5-7,10,16,20-22H,2-4,19H2,1H3. The molecule has 0 radical (unpaired) electrons. The maximum Gasteiger partial charge on any atom is 0.161 e. The molecular weight excluding hydrogens is 294 g/mol. The Kier molecular flexibility index (Phi) is 3.78. The first-order chi connectivity index (χ1) is 11.0. The molecule has 1 aromatic rings. The molecule has 23 heavy (non-hydrogen) atoms. The van der Waals surface area contributed by atoms with Gasteiger partial charge in [0.15, 0.2) is 11.5 Å². The second-order valence-electron chi connectivity index (χ2n) is 5.79. The normalized spacial score (nSPS) is 22.3. The van der Waals surface area contributed by atoms with Crippen molar-refractivity contribution in [1.29, 1.82) is 5.26 Å². The molecule has 5 N–H and O–H groups in total. The number of rotatable bonds is 3. The van der Waals surface area contributed by atoms with Crippen LogP contribution in [0.3, 0.4) is 0 Å². The van der Waals surface area contributed by atoms with Crippen LogP contribution in [0.15, 0.2) is 35.2 Å². The Morgan fingerprint density at radius 3 is 2.83 bits per heavy atom. The molecule has 1 heterocycles. The number of nitriles is 1. The number of phenols is 2. The lowest BCUT2D eigenvalue weighted by Crippen LogP contribution is -2.41. The van der Waals surface area contributed by atoms with Crippen LogP contribution in [0.25, 0.3) is 0 Å². The molecule has 2 atom stereocenters. The van der Waals surface area contributed by atoms with Crippen LogP contribution in [0.4, 0.5) is 0 Å². The van der Waals surface area contributed by atoms with E-state index in [9.17, 15) is 15.5 Å². The van der Waals surface area contributed by atoms with Gasteiger partial charge in [0, 0.05) is 24.2 Å². The molecule has 0 spiro atoms. The Hall–Kier alpha value is -2.81. The predicted octanol–water partition coefficient (Wildman–Crippen LogP) is 1.65. The van der Waals surface area contributed by atoms with E-state index < -0.39 is 0 Å². The van der Waals surface area contributed by atoms with Crippen LogP contribution < -0.4 is 15.8 Å². The summed E-state index contributed by atoms with van der Waals surface area (Å²) in [7, 11) is 0. The summed E-state index contributed by atoms with van der Waals surface area (Å²) in [5.41, 5.74) is 8.44. The van der Waals surface area contributed by atoms with Crippen molar-refractivity contribution in [2.24, 2.45) is 11.7 Å². The number of hydrogen-bond acceptors (Lipinski definition) is 6. The van der Waals surface area contributed by atoms with E-state index in [2.05, 4.69) is 11.4 Å². The van der Waals surface area contributed by atoms with Crippen molar-refractivity contribution in [2.75, 3.05) is 6.54 Å². The summed E-state index contributed by atoms with van der Waals surface area (Å²) in [6.45, 7) is 2.79. The molecule has 2 unspecified atom stereocenters. The minimum atomic E-state index is -0.303. The molecule has 6 heteroatoms. The molecule has 1 aliphatic heterocycles. The van der Waals surface area contributed by atoms with E-state index in [4.69, 9.17) is 10.5 Å². The van der Waals surface area contributed by atoms with Gasteiger partial charge in [-0.3, -0.25) is 0 Å². The number of nitrogens with one attached hydrogen (secondary N) is 1. The third kappa shape index (κ3) is 2.55. The van der Waals surface area contributed by atoms with Crippen LogP contribution in [0, 0.1) is 17.2 Å². The van der Waals surface area contributed by atoms with E-state index in [0.29, 0.717) is 23.4 Å². The summed E-state index contributed by atoms with van der Waals surface area (Å²) < 4.78 is 5.93. The van der Waals surface area contributed by atoms with Crippen LogP contribution in [0.2, 0.25) is 0 Å². The summed E-state index contributed by atoms with van der Waals surface area (Å²) in [6, 6.07) is 5.09. The summed E-state index contributed by atoms with van der Waals surface area (Å²) in [4.78, 5) is 0. The largest absolute Gasteiger partial charge is 0.504 e. The van der Waals surface area contributed by atoms with E-state index in [1.54, 1.807) is 6.08 Å². The minimum Gasteiger partial charge on any atom is -0.504 e. The number of aromatic hydroxyl groups is 2. The van der Waals surface area contributed by atoms with Crippen LogP contribution in [0.1, 0.15) is 18.9 Å². The highest BCUT2D eigenvalue weighted by Crippen LogP contribution is 2.42. The first kappa shape index (κ1) is 15.1. The molecule has 6 nitrogen and oxygen atoms in total. The molecular formula is C17H19N3O3. The van der Waals surface area contributed by atoms with Gasteiger partial charge in [0.2, 0.25) is 0 Å². The highest BCUT2D eigenvalue weighted by Gasteiger charge is 2.37. The third-order valence-electron chi connectivity index (χ3n) is 4.21. The van der Waals surface area contributed by atoms with Gasteiger partial charge in [-0.2, -0.15) is 5.26 Å². The van der Waals surface area contributed by atoms with Crippen molar-refractivity contribution < 1.29 is 14.9 Å². The second kappa shape index (κ2) is 5.76. The van der Waals surface area contributed by atoms with Gasteiger partial charge in [0.1, 0.15) is 17.9 Å². The summed E-state index contributed by atoms with van der Waals surface area (Å²) in [5.74, 6) is 0.0672. The summed E-state index contributed by atoms with van der Waals surface area (Å²) in [6.07, 6.45) is 2.96. The SMILES string of the molecule is CCCNC1=C(C#N)C(N)=CC2Oc3cc(O)c(O)cc3CC12. The molecule has 1 aromatic carbocycles. The monoisotopic (exact) mass is 313 g/mol. The van der Waals surface area contributed by atoms with Gasteiger partial charge < -0.3 is 26.0 Å². The number of nitrogens with two attached hydrogens (primary N) is 1. The number of hydrogen-bond donors (Lipinski definition) is 4. The van der Waals surface area contributed by atoms with Gasteiger partial charge in [-0.15, -0.1) is 0 Å². The molecule has 3 rings (SSSR count). The first-order valence-corrected chi connectivity index (χ1v) is 7.62. The van der Waals surface area contributed by atoms with Crippen LogP contribution >= 0.6 is 0 Å². The molecule has 2 aliphatic rings. The molecule has 0 aromatic heterocycles. The van der Waals surface area contributed by atoms with Crippen LogP contribution in [-0.2, 0) is 6.42 Å². The summed E-state index contributed by atoms with van der Waals surface area (Å²) in [5, 5.41) is 32.1.